The maximum absolute atomic E-state index is 5.94. The van der Waals surface area contributed by atoms with Gasteiger partial charge in [-0.2, -0.15) is 11.8 Å². The summed E-state index contributed by atoms with van der Waals surface area (Å²) in [6.07, 6.45) is 6.10. The van der Waals surface area contributed by atoms with Crippen molar-refractivity contribution in [3.05, 3.63) is 17.8 Å². The van der Waals surface area contributed by atoms with Crippen LogP contribution in [-0.2, 0) is 0 Å². The Hall–Kier alpha value is -0.850. The maximum atomic E-state index is 5.94. The summed E-state index contributed by atoms with van der Waals surface area (Å²) in [6, 6.07) is 2.12. The Balaban J connectivity index is 1.84. The van der Waals surface area contributed by atoms with E-state index < -0.39 is 0 Å². The number of hydrogen-bond donors (Lipinski definition) is 1. The van der Waals surface area contributed by atoms with Crippen LogP contribution in [0.25, 0.3) is 10.2 Å². The number of piperidine rings is 1. The Labute approximate surface area is 121 Å². The van der Waals surface area contributed by atoms with Gasteiger partial charge in [0.1, 0.15) is 17.0 Å². The Morgan fingerprint density at radius 2 is 2.21 bits per heavy atom. The molecule has 3 rings (SSSR count). The maximum Gasteiger partial charge on any atom is 0.140 e. The molecule has 4 nitrogen and oxygen atoms in total. The predicted molar refractivity (Wildman–Crippen MR) is 84.2 cm³/mol. The van der Waals surface area contributed by atoms with E-state index in [-0.39, 0.29) is 4.75 Å². The molecule has 1 saturated heterocycles. The number of hydrogen-bond acceptors (Lipinski definition) is 6. The Bertz CT molecular complexity index is 555. The lowest BCUT2D eigenvalue weighted by atomic mass is 9.95. The first-order valence-corrected chi connectivity index (χ1v) is 8.57. The van der Waals surface area contributed by atoms with Crippen LogP contribution in [0.3, 0.4) is 0 Å². The van der Waals surface area contributed by atoms with Crippen molar-refractivity contribution in [2.45, 2.75) is 17.6 Å². The van der Waals surface area contributed by atoms with Crippen LogP contribution in [0, 0.1) is 0 Å². The van der Waals surface area contributed by atoms with Crippen LogP contribution in [0.5, 0.6) is 0 Å². The van der Waals surface area contributed by atoms with Gasteiger partial charge in [-0.1, -0.05) is 0 Å². The molecule has 102 valence electrons. The third-order valence-electron chi connectivity index (χ3n) is 4.02. The molecule has 3 heterocycles. The summed E-state index contributed by atoms with van der Waals surface area (Å²) in [5, 5.41) is 3.26. The lowest BCUT2D eigenvalue weighted by Crippen LogP contribution is -2.46. The molecule has 0 bridgehead atoms. The zero-order chi connectivity index (χ0) is 13.3. The molecule has 0 amide bonds. The topological polar surface area (TPSA) is 55.0 Å². The summed E-state index contributed by atoms with van der Waals surface area (Å²) in [6.45, 7) is 2.82. The van der Waals surface area contributed by atoms with E-state index in [0.717, 1.165) is 43.1 Å². The zero-order valence-corrected chi connectivity index (χ0v) is 12.6. The molecular formula is C13H18N4S2. The average Bonchev–Trinajstić information content (AvgIpc) is 2.96. The lowest BCUT2D eigenvalue weighted by molar-refractivity contribution is 0.456. The summed E-state index contributed by atoms with van der Waals surface area (Å²) in [5.74, 6) is 1.08. The van der Waals surface area contributed by atoms with Gasteiger partial charge in [0.2, 0.25) is 0 Å². The average molecular weight is 294 g/mol. The van der Waals surface area contributed by atoms with Gasteiger partial charge in [-0.05, 0) is 30.5 Å². The molecule has 1 aliphatic rings. The number of nitrogens with two attached hydrogens (primary N) is 1. The summed E-state index contributed by atoms with van der Waals surface area (Å²) in [5.41, 5.74) is 5.94. The molecule has 1 fully saturated rings. The minimum absolute atomic E-state index is 0.261. The number of rotatable bonds is 3. The van der Waals surface area contributed by atoms with E-state index in [0.29, 0.717) is 0 Å². The van der Waals surface area contributed by atoms with Crippen LogP contribution in [0.1, 0.15) is 12.8 Å². The van der Waals surface area contributed by atoms with E-state index in [1.807, 2.05) is 11.8 Å². The van der Waals surface area contributed by atoms with Crippen molar-refractivity contribution in [3.63, 3.8) is 0 Å². The molecular weight excluding hydrogens is 276 g/mol. The second-order valence-electron chi connectivity index (χ2n) is 4.92. The number of anilines is 1. The summed E-state index contributed by atoms with van der Waals surface area (Å²) >= 11 is 3.59. The fourth-order valence-corrected chi connectivity index (χ4v) is 4.13. The zero-order valence-electron chi connectivity index (χ0n) is 11.0. The van der Waals surface area contributed by atoms with Crippen LogP contribution < -0.4 is 10.6 Å². The molecule has 6 heteroatoms. The Morgan fingerprint density at radius 1 is 1.42 bits per heavy atom. The molecule has 0 aliphatic carbocycles. The fraction of sp³-hybridized carbons (Fsp3) is 0.538. The van der Waals surface area contributed by atoms with Gasteiger partial charge in [-0.25, -0.2) is 9.97 Å². The first kappa shape index (κ1) is 13.1. The van der Waals surface area contributed by atoms with E-state index in [2.05, 4.69) is 32.6 Å². The van der Waals surface area contributed by atoms with E-state index in [4.69, 9.17) is 5.73 Å². The largest absolute Gasteiger partial charge is 0.356 e. The minimum Gasteiger partial charge on any atom is -0.356 e. The van der Waals surface area contributed by atoms with Crippen LogP contribution in [0.2, 0.25) is 0 Å². The van der Waals surface area contributed by atoms with Gasteiger partial charge < -0.3 is 10.6 Å². The highest BCUT2D eigenvalue weighted by Crippen LogP contribution is 2.36. The molecule has 2 aromatic rings. The van der Waals surface area contributed by atoms with Gasteiger partial charge >= 0.3 is 0 Å². The monoisotopic (exact) mass is 294 g/mol. The molecule has 0 radical (unpaired) electrons. The van der Waals surface area contributed by atoms with Gasteiger partial charge in [0, 0.05) is 24.4 Å². The van der Waals surface area contributed by atoms with Crippen molar-refractivity contribution in [2.75, 3.05) is 30.8 Å². The van der Waals surface area contributed by atoms with Gasteiger partial charge in [0.25, 0.3) is 0 Å². The molecule has 0 saturated carbocycles. The van der Waals surface area contributed by atoms with Crippen LogP contribution >= 0.6 is 23.1 Å². The van der Waals surface area contributed by atoms with Crippen molar-refractivity contribution in [1.82, 2.24) is 9.97 Å². The molecule has 19 heavy (non-hydrogen) atoms. The van der Waals surface area contributed by atoms with Gasteiger partial charge in [0.15, 0.2) is 0 Å². The van der Waals surface area contributed by atoms with Crippen LogP contribution in [0.15, 0.2) is 17.8 Å². The lowest BCUT2D eigenvalue weighted by Gasteiger charge is -2.40. The highest BCUT2D eigenvalue weighted by Gasteiger charge is 2.33. The second-order valence-corrected chi connectivity index (χ2v) is 7.08. The number of thioether (sulfide) groups is 1. The number of nitrogens with zero attached hydrogens (tertiary/aromatic N) is 3. The second kappa shape index (κ2) is 5.26. The van der Waals surface area contributed by atoms with Gasteiger partial charge in [-0.15, -0.1) is 11.3 Å². The highest BCUT2D eigenvalue weighted by atomic mass is 32.2. The van der Waals surface area contributed by atoms with Gasteiger partial charge in [0.05, 0.1) is 5.39 Å². The highest BCUT2D eigenvalue weighted by molar-refractivity contribution is 8.00. The standard InChI is InChI=1S/C13H18N4S2/c1-18-13(8-14)3-5-17(6-4-13)11-10-2-7-19-12(10)16-9-15-11/h2,7,9H,3-6,8,14H2,1H3. The van der Waals surface area contributed by atoms with Crippen molar-refractivity contribution in [1.29, 1.82) is 0 Å². The Kier molecular flexibility index (Phi) is 3.64. The molecule has 1 aliphatic heterocycles. The molecule has 2 N–H and O–H groups in total. The van der Waals surface area contributed by atoms with E-state index in [1.165, 1.54) is 5.39 Å². The van der Waals surface area contributed by atoms with Crippen molar-refractivity contribution < 1.29 is 0 Å². The SMILES string of the molecule is CSC1(CN)CCN(c2ncnc3sccc23)CC1. The molecule has 0 aromatic carbocycles. The quantitative estimate of drug-likeness (QED) is 0.941. The van der Waals surface area contributed by atoms with Crippen LogP contribution in [-0.4, -0.2) is 40.6 Å². The third kappa shape index (κ3) is 2.32. The first-order valence-electron chi connectivity index (χ1n) is 6.46. The van der Waals surface area contributed by atoms with Crippen molar-refractivity contribution >= 4 is 39.1 Å². The van der Waals surface area contributed by atoms with E-state index >= 15 is 0 Å². The van der Waals surface area contributed by atoms with Gasteiger partial charge in [-0.3, -0.25) is 0 Å². The summed E-state index contributed by atoms with van der Waals surface area (Å²) in [4.78, 5) is 12.3. The smallest absolute Gasteiger partial charge is 0.140 e. The number of fused-ring (bicyclic) bond motifs is 1. The molecule has 0 atom stereocenters. The molecule has 0 unspecified atom stereocenters. The van der Waals surface area contributed by atoms with Crippen molar-refractivity contribution in [2.24, 2.45) is 5.73 Å². The van der Waals surface area contributed by atoms with Crippen molar-refractivity contribution in [3.8, 4) is 0 Å². The molecule has 2 aromatic heterocycles. The molecule has 0 spiro atoms. The predicted octanol–water partition coefficient (Wildman–Crippen LogP) is 2.35. The van der Waals surface area contributed by atoms with Crippen LogP contribution in [0.4, 0.5) is 5.82 Å². The summed E-state index contributed by atoms with van der Waals surface area (Å²) < 4.78 is 0.261. The number of aromatic nitrogens is 2. The normalized spacial score (nSPS) is 18.9. The summed E-state index contributed by atoms with van der Waals surface area (Å²) in [7, 11) is 0. The third-order valence-corrected chi connectivity index (χ3v) is 6.28. The number of thiophene rings is 1. The minimum atomic E-state index is 0.261. The first-order chi connectivity index (χ1) is 9.28. The van der Waals surface area contributed by atoms with E-state index in [1.54, 1.807) is 17.7 Å². The Morgan fingerprint density at radius 3 is 2.89 bits per heavy atom. The van der Waals surface area contributed by atoms with E-state index in [9.17, 15) is 0 Å². The fourth-order valence-electron chi connectivity index (χ4n) is 2.65.